The summed E-state index contributed by atoms with van der Waals surface area (Å²) in [5, 5.41) is -0.0674. The van der Waals surface area contributed by atoms with Gasteiger partial charge in [0.05, 0.1) is 10.7 Å². The second-order valence-electron chi connectivity index (χ2n) is 4.83. The summed E-state index contributed by atoms with van der Waals surface area (Å²) in [7, 11) is 0. The summed E-state index contributed by atoms with van der Waals surface area (Å²) in [5.41, 5.74) is 7.41. The first kappa shape index (κ1) is 16.4. The van der Waals surface area contributed by atoms with Crippen LogP contribution in [-0.4, -0.2) is 9.55 Å². The van der Waals surface area contributed by atoms with Crippen molar-refractivity contribution in [1.82, 2.24) is 9.55 Å². The number of H-pyrrole nitrogens is 1. The molecule has 8 heteroatoms. The molecule has 1 aromatic carbocycles. The van der Waals surface area contributed by atoms with Crippen LogP contribution in [0.1, 0.15) is 22.9 Å². The fraction of sp³-hybridized carbons (Fsp3) is 0.308. The molecule has 0 spiro atoms. The number of nitrogens with one attached hydrogen (secondary N) is 1. The van der Waals surface area contributed by atoms with Crippen LogP contribution in [0.4, 0.5) is 8.78 Å². The third-order valence-electron chi connectivity index (χ3n) is 3.71. The molecule has 2 heterocycles. The Morgan fingerprint density at radius 2 is 2.14 bits per heavy atom. The molecule has 1 aliphatic rings. The Morgan fingerprint density at radius 3 is 2.81 bits per heavy atom. The van der Waals surface area contributed by atoms with Gasteiger partial charge in [-0.2, -0.15) is 0 Å². The molecule has 21 heavy (non-hydrogen) atoms. The van der Waals surface area contributed by atoms with Crippen LogP contribution in [0.15, 0.2) is 12.1 Å². The second-order valence-corrected chi connectivity index (χ2v) is 5.62. The summed E-state index contributed by atoms with van der Waals surface area (Å²) in [6.07, 6.45) is 0.494. The van der Waals surface area contributed by atoms with Gasteiger partial charge >= 0.3 is 0 Å². The molecule has 1 aliphatic heterocycles. The fourth-order valence-corrected chi connectivity index (χ4v) is 3.25. The van der Waals surface area contributed by atoms with Crippen LogP contribution in [0.5, 0.6) is 0 Å². The van der Waals surface area contributed by atoms with Crippen molar-refractivity contribution in [2.45, 2.75) is 25.4 Å². The minimum absolute atomic E-state index is 0. The Bertz CT molecular complexity index is 742. The van der Waals surface area contributed by atoms with Gasteiger partial charge in [0, 0.05) is 30.3 Å². The van der Waals surface area contributed by atoms with Gasteiger partial charge in [-0.1, -0.05) is 11.6 Å². The van der Waals surface area contributed by atoms with Gasteiger partial charge in [-0.05, 0) is 30.8 Å². The number of hydrogen-bond acceptors (Lipinski definition) is 2. The minimum atomic E-state index is -0.688. The largest absolute Gasteiger partial charge is 0.333 e. The Kier molecular flexibility index (Phi) is 4.72. The maximum atomic E-state index is 14.1. The fourth-order valence-electron chi connectivity index (χ4n) is 2.78. The summed E-state index contributed by atoms with van der Waals surface area (Å²) >= 11 is 10.9. The highest BCUT2D eigenvalue weighted by Crippen LogP contribution is 2.36. The van der Waals surface area contributed by atoms with E-state index < -0.39 is 11.6 Å². The second kappa shape index (κ2) is 6.04. The first-order valence-corrected chi connectivity index (χ1v) is 6.95. The Balaban J connectivity index is 0.00000161. The van der Waals surface area contributed by atoms with Crippen molar-refractivity contribution in [1.29, 1.82) is 0 Å². The van der Waals surface area contributed by atoms with E-state index in [4.69, 9.17) is 29.6 Å². The van der Waals surface area contributed by atoms with Gasteiger partial charge in [0.15, 0.2) is 4.77 Å². The Labute approximate surface area is 136 Å². The van der Waals surface area contributed by atoms with Crippen molar-refractivity contribution in [3.05, 3.63) is 50.5 Å². The Morgan fingerprint density at radius 1 is 1.43 bits per heavy atom. The van der Waals surface area contributed by atoms with E-state index in [9.17, 15) is 8.78 Å². The number of fused-ring (bicyclic) bond motifs is 1. The van der Waals surface area contributed by atoms with E-state index in [1.165, 1.54) is 12.1 Å². The van der Waals surface area contributed by atoms with E-state index in [1.54, 1.807) is 0 Å². The van der Waals surface area contributed by atoms with Gasteiger partial charge in [-0.25, -0.2) is 8.78 Å². The maximum Gasteiger partial charge on any atom is 0.177 e. The highest BCUT2D eigenvalue weighted by atomic mass is 35.5. The molecule has 0 amide bonds. The topological polar surface area (TPSA) is 46.7 Å². The van der Waals surface area contributed by atoms with Gasteiger partial charge < -0.3 is 15.3 Å². The van der Waals surface area contributed by atoms with Crippen molar-refractivity contribution in [3.8, 4) is 0 Å². The van der Waals surface area contributed by atoms with Gasteiger partial charge in [-0.15, -0.1) is 12.4 Å². The molecule has 114 valence electrons. The van der Waals surface area contributed by atoms with Crippen LogP contribution in [0.25, 0.3) is 0 Å². The SMILES string of the molecule is Cl.NCc1[nH]c(=S)n2c1C[C@@H](c1c(F)ccc(Cl)c1F)C2. The molecule has 0 aliphatic carbocycles. The minimum Gasteiger partial charge on any atom is -0.333 e. The van der Waals surface area contributed by atoms with E-state index in [-0.39, 0.29) is 28.9 Å². The number of nitrogens with two attached hydrogens (primary N) is 1. The predicted octanol–water partition coefficient (Wildman–Crippen LogP) is 3.70. The molecular weight excluding hydrogens is 339 g/mol. The number of benzene rings is 1. The average molecular weight is 352 g/mol. The zero-order chi connectivity index (χ0) is 14.4. The van der Waals surface area contributed by atoms with Crippen LogP contribution >= 0.6 is 36.2 Å². The standard InChI is InChI=1S/C13H12ClF2N3S.ClH/c14-7-1-2-8(15)11(12(7)16)6-3-10-9(4-17)18-13(20)19(10)5-6;/h1-2,6H,3-5,17H2,(H,18,20);1H/t6-;/m1./s1. The zero-order valence-corrected chi connectivity index (χ0v) is 13.2. The number of hydrogen-bond donors (Lipinski definition) is 2. The molecule has 2 aromatic rings. The molecule has 3 rings (SSSR count). The van der Waals surface area contributed by atoms with E-state index >= 15 is 0 Å². The van der Waals surface area contributed by atoms with Gasteiger partial charge in [0.2, 0.25) is 0 Å². The highest BCUT2D eigenvalue weighted by Gasteiger charge is 2.31. The number of imidazole rings is 1. The van der Waals surface area contributed by atoms with Crippen molar-refractivity contribution < 1.29 is 8.78 Å². The quantitative estimate of drug-likeness (QED) is 0.640. The zero-order valence-electron chi connectivity index (χ0n) is 10.8. The van der Waals surface area contributed by atoms with E-state index in [1.807, 2.05) is 4.57 Å². The van der Waals surface area contributed by atoms with Crippen LogP contribution in [0, 0.1) is 16.4 Å². The van der Waals surface area contributed by atoms with Gasteiger partial charge in [-0.3, -0.25) is 0 Å². The lowest BCUT2D eigenvalue weighted by Gasteiger charge is -2.13. The first-order chi connectivity index (χ1) is 9.52. The van der Waals surface area contributed by atoms with Crippen molar-refractivity contribution in [2.75, 3.05) is 0 Å². The molecule has 3 N–H and O–H groups in total. The molecule has 1 aromatic heterocycles. The maximum absolute atomic E-state index is 14.1. The molecule has 0 bridgehead atoms. The summed E-state index contributed by atoms with van der Waals surface area (Å²) in [6, 6.07) is 2.42. The summed E-state index contributed by atoms with van der Waals surface area (Å²) in [6.45, 7) is 0.748. The normalized spacial score (nSPS) is 16.7. The monoisotopic (exact) mass is 351 g/mol. The lowest BCUT2D eigenvalue weighted by molar-refractivity contribution is 0.513. The predicted molar refractivity (Wildman–Crippen MR) is 82.6 cm³/mol. The van der Waals surface area contributed by atoms with Crippen LogP contribution in [0.2, 0.25) is 5.02 Å². The van der Waals surface area contributed by atoms with Crippen LogP contribution in [-0.2, 0) is 19.5 Å². The summed E-state index contributed by atoms with van der Waals surface area (Å²) in [5.74, 6) is -1.58. The molecule has 0 unspecified atom stereocenters. The molecule has 0 saturated carbocycles. The average Bonchev–Trinajstić information content (AvgIpc) is 2.96. The molecule has 1 atom stereocenters. The van der Waals surface area contributed by atoms with Crippen molar-refractivity contribution in [3.63, 3.8) is 0 Å². The number of rotatable bonds is 2. The van der Waals surface area contributed by atoms with E-state index in [2.05, 4.69) is 4.98 Å². The number of aromatic amines is 1. The van der Waals surface area contributed by atoms with Crippen LogP contribution < -0.4 is 5.73 Å². The molecule has 0 radical (unpaired) electrons. The molecular formula is C13H13Cl2F2N3S. The first-order valence-electron chi connectivity index (χ1n) is 6.17. The lowest BCUT2D eigenvalue weighted by Crippen LogP contribution is -2.08. The molecule has 0 saturated heterocycles. The third kappa shape index (κ3) is 2.61. The lowest BCUT2D eigenvalue weighted by atomic mass is 9.95. The third-order valence-corrected chi connectivity index (χ3v) is 4.33. The van der Waals surface area contributed by atoms with Crippen molar-refractivity contribution in [2.24, 2.45) is 5.73 Å². The highest BCUT2D eigenvalue weighted by molar-refractivity contribution is 7.71. The van der Waals surface area contributed by atoms with Gasteiger partial charge in [0.1, 0.15) is 11.6 Å². The van der Waals surface area contributed by atoms with E-state index in [0.29, 0.717) is 24.3 Å². The van der Waals surface area contributed by atoms with E-state index in [0.717, 1.165) is 11.4 Å². The Hall–Kier alpha value is -0.950. The number of aromatic nitrogens is 2. The van der Waals surface area contributed by atoms with Gasteiger partial charge in [0.25, 0.3) is 0 Å². The summed E-state index contributed by atoms with van der Waals surface area (Å²) in [4.78, 5) is 3.02. The molecule has 0 fully saturated rings. The summed E-state index contributed by atoms with van der Waals surface area (Å²) < 4.78 is 30.4. The number of nitrogens with zero attached hydrogens (tertiary/aromatic N) is 1. The van der Waals surface area contributed by atoms with Crippen molar-refractivity contribution >= 4 is 36.2 Å². The van der Waals surface area contributed by atoms with Crippen LogP contribution in [0.3, 0.4) is 0 Å². The number of halogens is 4. The molecule has 3 nitrogen and oxygen atoms in total. The smallest absolute Gasteiger partial charge is 0.177 e.